The van der Waals surface area contributed by atoms with Gasteiger partial charge in [-0.2, -0.15) is 0 Å². The van der Waals surface area contributed by atoms with Crippen LogP contribution in [0, 0.1) is 0 Å². The maximum absolute atomic E-state index is 12.6. The van der Waals surface area contributed by atoms with Crippen LogP contribution in [-0.2, 0) is 32.1 Å². The fourth-order valence-electron chi connectivity index (χ4n) is 2.94. The number of esters is 1. The summed E-state index contributed by atoms with van der Waals surface area (Å²) in [6.45, 7) is 1.43. The fourth-order valence-corrected chi connectivity index (χ4v) is 2.94. The van der Waals surface area contributed by atoms with Crippen LogP contribution < -0.4 is 11.1 Å². The number of aromatic nitrogens is 1. The third kappa shape index (κ3) is 5.38. The summed E-state index contributed by atoms with van der Waals surface area (Å²) < 4.78 is 10.3. The van der Waals surface area contributed by atoms with Gasteiger partial charge in [0, 0.05) is 23.5 Å². The maximum atomic E-state index is 12.6. The number of fused-ring (bicyclic) bond motifs is 1. The van der Waals surface area contributed by atoms with Crippen LogP contribution in [0.3, 0.4) is 0 Å². The second-order valence-corrected chi connectivity index (χ2v) is 6.80. The minimum Gasteiger partial charge on any atom is -0.451 e. The highest BCUT2D eigenvalue weighted by molar-refractivity contribution is 5.88. The molecular formula is C22H23N3O5. The Morgan fingerprint density at radius 1 is 1.07 bits per heavy atom. The van der Waals surface area contributed by atoms with E-state index in [4.69, 9.17) is 15.2 Å². The quantitative estimate of drug-likeness (QED) is 0.493. The lowest BCUT2D eigenvalue weighted by Crippen LogP contribution is -2.45. The van der Waals surface area contributed by atoms with Crippen LogP contribution in [0.5, 0.6) is 0 Å². The topological polar surface area (TPSA) is 124 Å². The molecule has 0 saturated carbocycles. The Morgan fingerprint density at radius 3 is 2.50 bits per heavy atom. The zero-order valence-corrected chi connectivity index (χ0v) is 16.5. The smallest absolute Gasteiger partial charge is 0.408 e. The van der Waals surface area contributed by atoms with Crippen LogP contribution in [-0.4, -0.2) is 35.1 Å². The second kappa shape index (κ2) is 9.60. The van der Waals surface area contributed by atoms with E-state index in [0.717, 1.165) is 22.0 Å². The van der Waals surface area contributed by atoms with E-state index in [1.165, 1.54) is 6.92 Å². The number of H-pyrrole nitrogens is 1. The van der Waals surface area contributed by atoms with Crippen molar-refractivity contribution in [2.45, 2.75) is 32.1 Å². The molecule has 0 aliphatic carbocycles. The first-order valence-electron chi connectivity index (χ1n) is 9.46. The van der Waals surface area contributed by atoms with E-state index in [9.17, 15) is 14.4 Å². The Hall–Kier alpha value is -3.81. The van der Waals surface area contributed by atoms with Crippen LogP contribution in [0.4, 0.5) is 4.79 Å². The normalized spacial score (nSPS) is 12.7. The highest BCUT2D eigenvalue weighted by Crippen LogP contribution is 2.19. The molecule has 2 aromatic carbocycles. The fraction of sp³-hybridized carbons (Fsp3) is 0.227. The highest BCUT2D eigenvalue weighted by atomic mass is 16.6. The number of rotatable bonds is 8. The molecule has 8 nitrogen and oxygen atoms in total. The number of hydrogen-bond donors (Lipinski definition) is 3. The summed E-state index contributed by atoms with van der Waals surface area (Å²) in [4.78, 5) is 39.3. The van der Waals surface area contributed by atoms with E-state index < -0.39 is 30.1 Å². The number of ether oxygens (including phenoxy) is 2. The van der Waals surface area contributed by atoms with Gasteiger partial charge in [-0.05, 0) is 24.1 Å². The van der Waals surface area contributed by atoms with Gasteiger partial charge in [0.1, 0.15) is 12.6 Å². The third-order valence-electron chi connectivity index (χ3n) is 4.58. The molecule has 0 aliphatic heterocycles. The maximum Gasteiger partial charge on any atom is 0.408 e. The standard InChI is InChI=1S/C22H23N3O5/c1-14(20(23)26)30-21(27)19(11-16-12-24-18-10-6-5-9-17(16)18)25-22(28)29-13-15-7-3-2-4-8-15/h2-10,12,14,19,24H,11,13H2,1H3,(H2,23,26)(H,25,28). The lowest BCUT2D eigenvalue weighted by molar-refractivity contribution is -0.155. The number of hydrogen-bond acceptors (Lipinski definition) is 5. The second-order valence-electron chi connectivity index (χ2n) is 6.80. The predicted molar refractivity (Wildman–Crippen MR) is 110 cm³/mol. The van der Waals surface area contributed by atoms with Crippen molar-refractivity contribution in [2.75, 3.05) is 0 Å². The minimum absolute atomic E-state index is 0.0548. The molecule has 3 aromatic rings. The molecule has 2 unspecified atom stereocenters. The molecule has 156 valence electrons. The summed E-state index contributed by atoms with van der Waals surface area (Å²) in [7, 11) is 0. The number of aromatic amines is 1. The molecule has 0 spiro atoms. The van der Waals surface area contributed by atoms with Gasteiger partial charge in [0.05, 0.1) is 0 Å². The molecule has 0 bridgehead atoms. The summed E-state index contributed by atoms with van der Waals surface area (Å²) >= 11 is 0. The molecule has 0 radical (unpaired) electrons. The monoisotopic (exact) mass is 409 g/mol. The summed E-state index contributed by atoms with van der Waals surface area (Å²) in [6.07, 6.45) is 0.0197. The lowest BCUT2D eigenvalue weighted by atomic mass is 10.1. The third-order valence-corrected chi connectivity index (χ3v) is 4.58. The first-order chi connectivity index (χ1) is 14.4. The van der Waals surface area contributed by atoms with Crippen molar-refractivity contribution in [3.63, 3.8) is 0 Å². The average molecular weight is 409 g/mol. The van der Waals surface area contributed by atoms with Gasteiger partial charge >= 0.3 is 12.1 Å². The van der Waals surface area contributed by atoms with E-state index >= 15 is 0 Å². The van der Waals surface area contributed by atoms with Gasteiger partial charge in [0.2, 0.25) is 0 Å². The van der Waals surface area contributed by atoms with Crippen molar-refractivity contribution in [3.05, 3.63) is 71.9 Å². The molecule has 0 aliphatic rings. The van der Waals surface area contributed by atoms with E-state index in [2.05, 4.69) is 10.3 Å². The van der Waals surface area contributed by atoms with Crippen LogP contribution in [0.1, 0.15) is 18.1 Å². The molecule has 2 atom stereocenters. The number of amides is 2. The summed E-state index contributed by atoms with van der Waals surface area (Å²) in [6, 6.07) is 15.7. The van der Waals surface area contributed by atoms with Gasteiger partial charge in [0.25, 0.3) is 5.91 Å². The first-order valence-corrected chi connectivity index (χ1v) is 9.46. The zero-order chi connectivity index (χ0) is 21.5. The van der Waals surface area contributed by atoms with E-state index in [-0.39, 0.29) is 13.0 Å². The molecule has 1 aromatic heterocycles. The molecule has 0 fully saturated rings. The van der Waals surface area contributed by atoms with Crippen molar-refractivity contribution in [1.29, 1.82) is 0 Å². The molecular weight excluding hydrogens is 386 g/mol. The Balaban J connectivity index is 1.72. The van der Waals surface area contributed by atoms with Gasteiger partial charge in [-0.15, -0.1) is 0 Å². The summed E-state index contributed by atoms with van der Waals surface area (Å²) in [5.74, 6) is -1.55. The molecule has 2 amide bonds. The lowest BCUT2D eigenvalue weighted by Gasteiger charge is -2.19. The van der Waals surface area contributed by atoms with Crippen LogP contribution >= 0.6 is 0 Å². The zero-order valence-electron chi connectivity index (χ0n) is 16.5. The van der Waals surface area contributed by atoms with Crippen molar-refractivity contribution in [3.8, 4) is 0 Å². The molecule has 1 heterocycles. The van der Waals surface area contributed by atoms with E-state index in [1.54, 1.807) is 6.20 Å². The van der Waals surface area contributed by atoms with Gasteiger partial charge in [0.15, 0.2) is 6.10 Å². The molecule has 4 N–H and O–H groups in total. The molecule has 3 rings (SSSR count). The largest absolute Gasteiger partial charge is 0.451 e. The number of benzene rings is 2. The number of alkyl carbamates (subject to hydrolysis) is 1. The van der Waals surface area contributed by atoms with Crippen LogP contribution in [0.25, 0.3) is 10.9 Å². The first kappa shape index (κ1) is 20.9. The minimum atomic E-state index is -1.12. The van der Waals surface area contributed by atoms with Crippen molar-refractivity contribution in [2.24, 2.45) is 5.73 Å². The van der Waals surface area contributed by atoms with Crippen LogP contribution in [0.2, 0.25) is 0 Å². The average Bonchev–Trinajstić information content (AvgIpc) is 3.15. The Morgan fingerprint density at radius 2 is 1.77 bits per heavy atom. The van der Waals surface area contributed by atoms with E-state index in [0.29, 0.717) is 0 Å². The number of carbonyl (C=O) groups excluding carboxylic acids is 3. The van der Waals surface area contributed by atoms with Gasteiger partial charge in [-0.3, -0.25) is 4.79 Å². The number of carbonyl (C=O) groups is 3. The molecule has 8 heteroatoms. The number of nitrogens with two attached hydrogens (primary N) is 1. The van der Waals surface area contributed by atoms with Gasteiger partial charge in [-0.1, -0.05) is 48.5 Å². The summed E-state index contributed by atoms with van der Waals surface area (Å²) in [5.41, 5.74) is 7.69. The number of primary amides is 1. The SMILES string of the molecule is CC(OC(=O)C(Cc1c[nH]c2ccccc12)NC(=O)OCc1ccccc1)C(N)=O. The summed E-state index contributed by atoms with van der Waals surface area (Å²) in [5, 5.41) is 3.45. The van der Waals surface area contributed by atoms with Crippen LogP contribution in [0.15, 0.2) is 60.8 Å². The number of nitrogens with one attached hydrogen (secondary N) is 2. The van der Waals surface area contributed by atoms with Gasteiger partial charge < -0.3 is 25.5 Å². The van der Waals surface area contributed by atoms with Gasteiger partial charge in [-0.25, -0.2) is 9.59 Å². The molecule has 30 heavy (non-hydrogen) atoms. The molecule has 0 saturated heterocycles. The predicted octanol–water partition coefficient (Wildman–Crippen LogP) is 2.42. The number of para-hydroxylation sites is 1. The Kier molecular flexibility index (Phi) is 6.69. The Labute approximate surface area is 173 Å². The van der Waals surface area contributed by atoms with Crippen molar-refractivity contribution in [1.82, 2.24) is 10.3 Å². The van der Waals surface area contributed by atoms with Crippen molar-refractivity contribution >= 4 is 28.9 Å². The van der Waals surface area contributed by atoms with Crippen molar-refractivity contribution < 1.29 is 23.9 Å². The highest BCUT2D eigenvalue weighted by Gasteiger charge is 2.27. The van der Waals surface area contributed by atoms with E-state index in [1.807, 2.05) is 54.6 Å². The Bertz CT molecular complexity index is 1030.